The highest BCUT2D eigenvalue weighted by molar-refractivity contribution is 9.10. The molecular weight excluding hydrogens is 306 g/mol. The van der Waals surface area contributed by atoms with Crippen molar-refractivity contribution in [2.24, 2.45) is 0 Å². The van der Waals surface area contributed by atoms with Gasteiger partial charge in [-0.15, -0.1) is 0 Å². The fourth-order valence-electron chi connectivity index (χ4n) is 2.04. The lowest BCUT2D eigenvalue weighted by Crippen LogP contribution is -2.10. The van der Waals surface area contributed by atoms with E-state index in [0.717, 1.165) is 25.5 Å². The van der Waals surface area contributed by atoms with Crippen molar-refractivity contribution in [1.29, 1.82) is 0 Å². The Morgan fingerprint density at radius 1 is 1.44 bits per heavy atom. The zero-order valence-corrected chi connectivity index (χ0v) is 11.3. The molecule has 0 N–H and O–H groups in total. The normalized spacial score (nSPS) is 19.2. The summed E-state index contributed by atoms with van der Waals surface area (Å²) in [5, 5.41) is 0. The van der Waals surface area contributed by atoms with Gasteiger partial charge in [-0.1, -0.05) is 0 Å². The van der Waals surface area contributed by atoms with Crippen LogP contribution in [0, 0.1) is 11.6 Å². The molecular formula is C13H13BrF2O2. The summed E-state index contributed by atoms with van der Waals surface area (Å²) >= 11 is 2.92. The lowest BCUT2D eigenvalue weighted by molar-refractivity contribution is 0.0858. The number of carbonyl (C=O) groups is 1. The zero-order chi connectivity index (χ0) is 13.1. The summed E-state index contributed by atoms with van der Waals surface area (Å²) in [7, 11) is 0. The van der Waals surface area contributed by atoms with E-state index in [4.69, 9.17) is 4.74 Å². The van der Waals surface area contributed by atoms with E-state index in [1.807, 2.05) is 0 Å². The minimum Gasteiger partial charge on any atom is -0.378 e. The van der Waals surface area contributed by atoms with Crippen molar-refractivity contribution >= 4 is 21.7 Å². The molecule has 0 amide bonds. The summed E-state index contributed by atoms with van der Waals surface area (Å²) in [6, 6.07) is 2.28. The first kappa shape index (κ1) is 13.6. The van der Waals surface area contributed by atoms with E-state index in [1.54, 1.807) is 0 Å². The Kier molecular flexibility index (Phi) is 4.45. The molecule has 1 aliphatic heterocycles. The van der Waals surface area contributed by atoms with E-state index >= 15 is 0 Å². The molecule has 0 spiro atoms. The van der Waals surface area contributed by atoms with E-state index < -0.39 is 11.6 Å². The third-order valence-electron chi connectivity index (χ3n) is 3.05. The SMILES string of the molecule is O=C(CCC1CCCO1)c1ccc(F)c(F)c1Br. The van der Waals surface area contributed by atoms with Gasteiger partial charge in [0, 0.05) is 18.6 Å². The first-order valence-electron chi connectivity index (χ1n) is 5.88. The van der Waals surface area contributed by atoms with Crippen molar-refractivity contribution in [1.82, 2.24) is 0 Å². The van der Waals surface area contributed by atoms with Crippen LogP contribution in [0.3, 0.4) is 0 Å². The Morgan fingerprint density at radius 2 is 2.22 bits per heavy atom. The van der Waals surface area contributed by atoms with Crippen molar-refractivity contribution in [3.8, 4) is 0 Å². The first-order valence-corrected chi connectivity index (χ1v) is 6.67. The summed E-state index contributed by atoms with van der Waals surface area (Å²) in [6.45, 7) is 0.744. The van der Waals surface area contributed by atoms with Crippen molar-refractivity contribution < 1.29 is 18.3 Å². The van der Waals surface area contributed by atoms with Gasteiger partial charge in [0.2, 0.25) is 0 Å². The predicted octanol–water partition coefficient (Wildman–Crippen LogP) is 3.87. The number of halogens is 3. The van der Waals surface area contributed by atoms with Gasteiger partial charge in [0.05, 0.1) is 10.6 Å². The molecule has 1 atom stereocenters. The average molecular weight is 319 g/mol. The Morgan fingerprint density at radius 3 is 2.89 bits per heavy atom. The molecule has 1 fully saturated rings. The maximum atomic E-state index is 13.3. The standard InChI is InChI=1S/C13H13BrF2O2/c14-12-9(4-5-10(15)13(12)16)11(17)6-3-8-2-1-7-18-8/h4-5,8H,1-3,6-7H2. The molecule has 0 bridgehead atoms. The molecule has 2 nitrogen and oxygen atoms in total. The molecule has 2 rings (SSSR count). The Labute approximate surface area is 112 Å². The Balaban J connectivity index is 2.02. The van der Waals surface area contributed by atoms with Crippen LogP contribution in [-0.2, 0) is 4.74 Å². The van der Waals surface area contributed by atoms with Gasteiger partial charge < -0.3 is 4.74 Å². The van der Waals surface area contributed by atoms with E-state index in [-0.39, 0.29) is 28.3 Å². The number of hydrogen-bond acceptors (Lipinski definition) is 2. The maximum Gasteiger partial charge on any atom is 0.173 e. The van der Waals surface area contributed by atoms with Gasteiger partial charge in [-0.2, -0.15) is 0 Å². The number of ketones is 1. The van der Waals surface area contributed by atoms with Gasteiger partial charge in [-0.25, -0.2) is 8.78 Å². The number of hydrogen-bond donors (Lipinski definition) is 0. The fourth-order valence-corrected chi connectivity index (χ4v) is 2.58. The minimum absolute atomic E-state index is 0.0974. The molecule has 1 aliphatic rings. The van der Waals surface area contributed by atoms with Crippen LogP contribution in [0.5, 0.6) is 0 Å². The van der Waals surface area contributed by atoms with Gasteiger partial charge in [0.1, 0.15) is 0 Å². The number of rotatable bonds is 4. The highest BCUT2D eigenvalue weighted by atomic mass is 79.9. The second kappa shape index (κ2) is 5.89. The molecule has 18 heavy (non-hydrogen) atoms. The van der Waals surface area contributed by atoms with Crippen molar-refractivity contribution in [2.75, 3.05) is 6.61 Å². The van der Waals surface area contributed by atoms with Crippen molar-refractivity contribution in [2.45, 2.75) is 31.8 Å². The summed E-state index contributed by atoms with van der Waals surface area (Å²) in [5.41, 5.74) is 0.187. The third kappa shape index (κ3) is 2.95. The largest absolute Gasteiger partial charge is 0.378 e. The van der Waals surface area contributed by atoms with Crippen LogP contribution in [-0.4, -0.2) is 18.5 Å². The lowest BCUT2D eigenvalue weighted by Gasteiger charge is -2.09. The number of ether oxygens (including phenoxy) is 1. The highest BCUT2D eigenvalue weighted by Crippen LogP contribution is 2.25. The number of carbonyl (C=O) groups excluding carboxylic acids is 1. The molecule has 0 aromatic heterocycles. The molecule has 1 saturated heterocycles. The molecule has 1 aromatic rings. The summed E-state index contributed by atoms with van der Waals surface area (Å²) in [5.74, 6) is -2.17. The van der Waals surface area contributed by atoms with Crippen LogP contribution >= 0.6 is 15.9 Å². The molecule has 1 aromatic carbocycles. The molecule has 1 unspecified atom stereocenters. The van der Waals surface area contributed by atoms with E-state index in [0.29, 0.717) is 6.42 Å². The van der Waals surface area contributed by atoms with E-state index in [1.165, 1.54) is 6.07 Å². The molecule has 5 heteroatoms. The summed E-state index contributed by atoms with van der Waals surface area (Å²) < 4.78 is 31.5. The third-order valence-corrected chi connectivity index (χ3v) is 3.83. The second-order valence-corrected chi connectivity index (χ2v) is 5.11. The zero-order valence-electron chi connectivity index (χ0n) is 9.72. The monoisotopic (exact) mass is 318 g/mol. The lowest BCUT2D eigenvalue weighted by atomic mass is 10.0. The van der Waals surface area contributed by atoms with Gasteiger partial charge >= 0.3 is 0 Å². The molecule has 0 saturated carbocycles. The molecule has 1 heterocycles. The van der Waals surface area contributed by atoms with Gasteiger partial charge in [-0.3, -0.25) is 4.79 Å². The number of benzene rings is 1. The summed E-state index contributed by atoms with van der Waals surface area (Å²) in [4.78, 5) is 11.9. The van der Waals surface area contributed by atoms with Crippen LogP contribution in [0.15, 0.2) is 16.6 Å². The first-order chi connectivity index (χ1) is 8.59. The maximum absolute atomic E-state index is 13.3. The van der Waals surface area contributed by atoms with Gasteiger partial charge in [0.25, 0.3) is 0 Å². The smallest absolute Gasteiger partial charge is 0.173 e. The van der Waals surface area contributed by atoms with Gasteiger partial charge in [-0.05, 0) is 47.3 Å². The van der Waals surface area contributed by atoms with Crippen molar-refractivity contribution in [3.05, 3.63) is 33.8 Å². The topological polar surface area (TPSA) is 26.3 Å². The van der Waals surface area contributed by atoms with Crippen LogP contribution in [0.4, 0.5) is 8.78 Å². The summed E-state index contributed by atoms with van der Waals surface area (Å²) in [6.07, 6.45) is 3.02. The van der Waals surface area contributed by atoms with Crippen LogP contribution in [0.2, 0.25) is 0 Å². The van der Waals surface area contributed by atoms with Gasteiger partial charge in [0.15, 0.2) is 17.4 Å². The molecule has 0 radical (unpaired) electrons. The van der Waals surface area contributed by atoms with Crippen LogP contribution in [0.1, 0.15) is 36.0 Å². The quantitative estimate of drug-likeness (QED) is 0.622. The number of Topliss-reactive ketones (excluding diaryl/α,β-unsaturated/α-hetero) is 1. The molecule has 98 valence electrons. The Hall–Kier alpha value is -0.810. The fraction of sp³-hybridized carbons (Fsp3) is 0.462. The van der Waals surface area contributed by atoms with E-state index in [9.17, 15) is 13.6 Å². The van der Waals surface area contributed by atoms with Crippen LogP contribution in [0.25, 0.3) is 0 Å². The molecule has 0 aliphatic carbocycles. The van der Waals surface area contributed by atoms with Crippen molar-refractivity contribution in [3.63, 3.8) is 0 Å². The van der Waals surface area contributed by atoms with E-state index in [2.05, 4.69) is 15.9 Å². The van der Waals surface area contributed by atoms with Crippen LogP contribution < -0.4 is 0 Å². The Bertz CT molecular complexity index is 457. The highest BCUT2D eigenvalue weighted by Gasteiger charge is 2.20. The predicted molar refractivity (Wildman–Crippen MR) is 66.6 cm³/mol. The minimum atomic E-state index is -1.02. The second-order valence-electron chi connectivity index (χ2n) is 4.32. The average Bonchev–Trinajstić information content (AvgIpc) is 2.86.